The van der Waals surface area contributed by atoms with E-state index in [1.807, 2.05) is 48.5 Å². The average Bonchev–Trinajstić information content (AvgIpc) is 2.87. The lowest BCUT2D eigenvalue weighted by molar-refractivity contribution is 0.477. The van der Waals surface area contributed by atoms with Gasteiger partial charge in [-0.2, -0.15) is 0 Å². The summed E-state index contributed by atoms with van der Waals surface area (Å²) in [6.45, 7) is 2.67. The van der Waals surface area contributed by atoms with Crippen molar-refractivity contribution in [1.82, 2.24) is 9.97 Å². The molecule has 0 saturated carbocycles. The molecule has 0 fully saturated rings. The van der Waals surface area contributed by atoms with Crippen LogP contribution in [0.3, 0.4) is 0 Å². The fourth-order valence-electron chi connectivity index (χ4n) is 4.06. The number of benzene rings is 4. The Labute approximate surface area is 192 Å². The zero-order valence-corrected chi connectivity index (χ0v) is 18.5. The van der Waals surface area contributed by atoms with Crippen LogP contribution in [0.4, 0.5) is 5.82 Å². The van der Waals surface area contributed by atoms with E-state index in [0.29, 0.717) is 17.9 Å². The summed E-state index contributed by atoms with van der Waals surface area (Å²) in [5.74, 6) is 1.33. The Morgan fingerprint density at radius 1 is 0.848 bits per heavy atom. The van der Waals surface area contributed by atoms with Gasteiger partial charge >= 0.3 is 0 Å². The third-order valence-electron chi connectivity index (χ3n) is 6.00. The second-order valence-corrected chi connectivity index (χ2v) is 8.22. The number of fused-ring (bicyclic) bond motifs is 2. The van der Waals surface area contributed by atoms with Crippen LogP contribution < -0.4 is 11.1 Å². The SMILES string of the molecule is CC[C@@H](N)CNc1nc(-c2cc(-c3cccc4ccccc34)ccc2O)nc2ccccc12. The van der Waals surface area contributed by atoms with Crippen molar-refractivity contribution in [1.29, 1.82) is 0 Å². The lowest BCUT2D eigenvalue weighted by Gasteiger charge is -2.15. The van der Waals surface area contributed by atoms with Gasteiger partial charge in [-0.25, -0.2) is 9.97 Å². The van der Waals surface area contributed by atoms with Gasteiger partial charge in [0, 0.05) is 18.0 Å². The van der Waals surface area contributed by atoms with E-state index in [2.05, 4.69) is 42.6 Å². The van der Waals surface area contributed by atoms with Crippen molar-refractivity contribution < 1.29 is 5.11 Å². The van der Waals surface area contributed by atoms with Crippen LogP contribution in [-0.4, -0.2) is 27.7 Å². The molecule has 5 aromatic rings. The van der Waals surface area contributed by atoms with E-state index in [4.69, 9.17) is 15.7 Å². The monoisotopic (exact) mass is 434 g/mol. The minimum Gasteiger partial charge on any atom is -0.507 e. The molecule has 0 amide bonds. The van der Waals surface area contributed by atoms with E-state index in [9.17, 15) is 5.11 Å². The summed E-state index contributed by atoms with van der Waals surface area (Å²) in [6.07, 6.45) is 0.872. The molecule has 4 N–H and O–H groups in total. The van der Waals surface area contributed by atoms with Gasteiger partial charge in [-0.3, -0.25) is 0 Å². The number of aromatic nitrogens is 2. The van der Waals surface area contributed by atoms with E-state index < -0.39 is 0 Å². The third kappa shape index (κ3) is 4.11. The maximum atomic E-state index is 10.7. The van der Waals surface area contributed by atoms with Crippen molar-refractivity contribution in [3.63, 3.8) is 0 Å². The molecular weight excluding hydrogens is 408 g/mol. The molecule has 0 saturated heterocycles. The van der Waals surface area contributed by atoms with Crippen LogP contribution in [0.5, 0.6) is 5.75 Å². The lowest BCUT2D eigenvalue weighted by Crippen LogP contribution is -2.28. The quantitative estimate of drug-likeness (QED) is 0.306. The smallest absolute Gasteiger partial charge is 0.165 e. The molecular formula is C28H26N4O. The third-order valence-corrected chi connectivity index (χ3v) is 6.00. The number of para-hydroxylation sites is 1. The van der Waals surface area contributed by atoms with Gasteiger partial charge in [-0.1, -0.05) is 67.6 Å². The number of nitrogens with two attached hydrogens (primary N) is 1. The van der Waals surface area contributed by atoms with Crippen molar-refractivity contribution in [3.05, 3.63) is 84.9 Å². The van der Waals surface area contributed by atoms with Crippen molar-refractivity contribution >= 4 is 27.5 Å². The Balaban J connectivity index is 1.64. The summed E-state index contributed by atoms with van der Waals surface area (Å²) in [7, 11) is 0. The summed E-state index contributed by atoms with van der Waals surface area (Å²) in [6, 6.07) is 28.0. The molecule has 0 spiro atoms. The first kappa shape index (κ1) is 20.9. The van der Waals surface area contributed by atoms with Crippen molar-refractivity contribution in [2.75, 3.05) is 11.9 Å². The fraction of sp³-hybridized carbons (Fsp3) is 0.143. The minimum atomic E-state index is 0.0327. The predicted octanol–water partition coefficient (Wildman–Crippen LogP) is 5.97. The van der Waals surface area contributed by atoms with Gasteiger partial charge in [0.05, 0.1) is 11.1 Å². The molecule has 1 atom stereocenters. The number of hydrogen-bond donors (Lipinski definition) is 3. The highest BCUT2D eigenvalue weighted by Crippen LogP contribution is 2.36. The normalized spacial score (nSPS) is 12.2. The number of hydrogen-bond acceptors (Lipinski definition) is 5. The highest BCUT2D eigenvalue weighted by Gasteiger charge is 2.15. The number of nitrogens with one attached hydrogen (secondary N) is 1. The Morgan fingerprint density at radius 2 is 1.61 bits per heavy atom. The first-order chi connectivity index (χ1) is 16.1. The van der Waals surface area contributed by atoms with Gasteiger partial charge in [0.25, 0.3) is 0 Å². The second-order valence-electron chi connectivity index (χ2n) is 8.22. The van der Waals surface area contributed by atoms with E-state index in [1.165, 1.54) is 5.39 Å². The molecule has 33 heavy (non-hydrogen) atoms. The van der Waals surface area contributed by atoms with Crippen LogP contribution in [0, 0.1) is 0 Å². The summed E-state index contributed by atoms with van der Waals surface area (Å²) < 4.78 is 0. The largest absolute Gasteiger partial charge is 0.507 e. The Kier molecular flexibility index (Phi) is 5.63. The predicted molar refractivity (Wildman–Crippen MR) is 136 cm³/mol. The van der Waals surface area contributed by atoms with E-state index in [-0.39, 0.29) is 11.8 Å². The van der Waals surface area contributed by atoms with Crippen LogP contribution >= 0.6 is 0 Å². The Bertz CT molecular complexity index is 1440. The average molecular weight is 435 g/mol. The molecule has 4 aromatic carbocycles. The Morgan fingerprint density at radius 3 is 2.45 bits per heavy atom. The molecule has 0 aliphatic carbocycles. The highest BCUT2D eigenvalue weighted by molar-refractivity contribution is 5.97. The zero-order chi connectivity index (χ0) is 22.8. The van der Waals surface area contributed by atoms with Gasteiger partial charge in [0.1, 0.15) is 11.6 Å². The molecule has 5 heteroatoms. The van der Waals surface area contributed by atoms with Gasteiger partial charge in [0.2, 0.25) is 0 Å². The molecule has 0 bridgehead atoms. The second kappa shape index (κ2) is 8.88. The molecule has 5 nitrogen and oxygen atoms in total. The molecule has 164 valence electrons. The Hall–Kier alpha value is -3.96. The maximum absolute atomic E-state index is 10.7. The maximum Gasteiger partial charge on any atom is 0.165 e. The standard InChI is InChI=1S/C28H26N4O/c1-2-20(29)17-30-27-23-11-5-6-13-25(23)31-28(32-27)24-16-19(14-15-26(24)33)22-12-7-9-18-8-3-4-10-21(18)22/h3-16,20,33H,2,17,29H2,1H3,(H,30,31,32)/t20-/m1/s1. The number of nitrogens with zero attached hydrogens (tertiary/aromatic N) is 2. The lowest BCUT2D eigenvalue weighted by atomic mass is 9.96. The first-order valence-corrected chi connectivity index (χ1v) is 11.2. The number of aromatic hydroxyl groups is 1. The van der Waals surface area contributed by atoms with Gasteiger partial charge in [-0.05, 0) is 52.6 Å². The molecule has 0 unspecified atom stereocenters. The molecule has 0 aliphatic heterocycles. The summed E-state index contributed by atoms with van der Waals surface area (Å²) in [4.78, 5) is 9.57. The summed E-state index contributed by atoms with van der Waals surface area (Å²) in [5, 5.41) is 17.4. The number of phenolic OH excluding ortho intramolecular Hbond substituents is 1. The highest BCUT2D eigenvalue weighted by atomic mass is 16.3. The van der Waals surface area contributed by atoms with Crippen molar-refractivity contribution in [2.45, 2.75) is 19.4 Å². The van der Waals surface area contributed by atoms with Crippen LogP contribution in [0.25, 0.3) is 44.2 Å². The van der Waals surface area contributed by atoms with Crippen molar-refractivity contribution in [3.8, 4) is 28.3 Å². The van der Waals surface area contributed by atoms with Crippen molar-refractivity contribution in [2.24, 2.45) is 5.73 Å². The topological polar surface area (TPSA) is 84.1 Å². The summed E-state index contributed by atoms with van der Waals surface area (Å²) in [5.41, 5.74) is 9.62. The van der Waals surface area contributed by atoms with E-state index >= 15 is 0 Å². The fourth-order valence-corrected chi connectivity index (χ4v) is 4.06. The van der Waals surface area contributed by atoms with Crippen LogP contribution in [0.15, 0.2) is 84.9 Å². The van der Waals surface area contributed by atoms with Gasteiger partial charge < -0.3 is 16.2 Å². The van der Waals surface area contributed by atoms with Gasteiger partial charge in [0.15, 0.2) is 5.82 Å². The van der Waals surface area contributed by atoms with Crippen LogP contribution in [0.2, 0.25) is 0 Å². The van der Waals surface area contributed by atoms with E-state index in [0.717, 1.165) is 39.7 Å². The molecule has 0 radical (unpaired) electrons. The zero-order valence-electron chi connectivity index (χ0n) is 18.5. The molecule has 5 rings (SSSR count). The van der Waals surface area contributed by atoms with Crippen LogP contribution in [0.1, 0.15) is 13.3 Å². The summed E-state index contributed by atoms with van der Waals surface area (Å²) >= 11 is 0. The number of anilines is 1. The molecule has 1 aromatic heterocycles. The molecule has 1 heterocycles. The van der Waals surface area contributed by atoms with Gasteiger partial charge in [-0.15, -0.1) is 0 Å². The van der Waals surface area contributed by atoms with Crippen LogP contribution in [-0.2, 0) is 0 Å². The number of phenols is 1. The minimum absolute atomic E-state index is 0.0327. The molecule has 0 aliphatic rings. The van der Waals surface area contributed by atoms with E-state index in [1.54, 1.807) is 6.07 Å². The number of rotatable bonds is 6. The first-order valence-electron chi connectivity index (χ1n) is 11.2.